The highest BCUT2D eigenvalue weighted by atomic mass is 16.7. The van der Waals surface area contributed by atoms with Crippen LogP contribution in [0.5, 0.6) is 0 Å². The Bertz CT molecular complexity index is 706. The highest BCUT2D eigenvalue weighted by molar-refractivity contribution is 5.97. The van der Waals surface area contributed by atoms with Gasteiger partial charge in [-0.25, -0.2) is 4.98 Å². The number of nitrogens with one attached hydrogen (secondary N) is 2. The molecule has 1 unspecified atom stereocenters. The molecule has 1 aliphatic heterocycles. The van der Waals surface area contributed by atoms with Crippen molar-refractivity contribution in [2.24, 2.45) is 0 Å². The topological polar surface area (TPSA) is 76.2 Å². The van der Waals surface area contributed by atoms with Crippen molar-refractivity contribution in [1.29, 1.82) is 0 Å². The van der Waals surface area contributed by atoms with Crippen LogP contribution in [0.2, 0.25) is 0 Å². The van der Waals surface area contributed by atoms with Gasteiger partial charge in [-0.2, -0.15) is 0 Å². The van der Waals surface area contributed by atoms with E-state index in [1.807, 2.05) is 12.1 Å². The summed E-state index contributed by atoms with van der Waals surface area (Å²) >= 11 is 0. The number of hydrogen-bond acceptors (Lipinski definition) is 4. The van der Waals surface area contributed by atoms with Crippen LogP contribution in [0.3, 0.4) is 0 Å². The van der Waals surface area contributed by atoms with Crippen molar-refractivity contribution in [2.75, 3.05) is 13.2 Å². The molecule has 122 valence electrons. The van der Waals surface area contributed by atoms with Gasteiger partial charge in [-0.1, -0.05) is 6.42 Å². The molecule has 1 aromatic heterocycles. The van der Waals surface area contributed by atoms with Gasteiger partial charge in [0.25, 0.3) is 5.91 Å². The molecule has 6 heteroatoms. The minimum atomic E-state index is -0.386. The number of H-pyrrole nitrogens is 1. The summed E-state index contributed by atoms with van der Waals surface area (Å²) in [5, 5.41) is 2.94. The molecule has 23 heavy (non-hydrogen) atoms. The number of rotatable bonds is 3. The van der Waals surface area contributed by atoms with Gasteiger partial charge >= 0.3 is 0 Å². The molecule has 2 aliphatic rings. The average Bonchev–Trinajstić information content (AvgIpc) is 3.20. The number of aromatic nitrogens is 2. The molecular weight excluding hydrogens is 294 g/mol. The van der Waals surface area contributed by atoms with E-state index in [-0.39, 0.29) is 17.8 Å². The lowest BCUT2D eigenvalue weighted by Gasteiger charge is -2.31. The van der Waals surface area contributed by atoms with Gasteiger partial charge < -0.3 is 19.8 Å². The van der Waals surface area contributed by atoms with E-state index in [9.17, 15) is 4.79 Å². The van der Waals surface area contributed by atoms with Crippen LogP contribution in [-0.4, -0.2) is 40.9 Å². The number of fused-ring (bicyclic) bond motifs is 1. The van der Waals surface area contributed by atoms with E-state index in [1.165, 1.54) is 6.42 Å². The molecule has 2 fully saturated rings. The fourth-order valence-corrected chi connectivity index (χ4v) is 3.46. The maximum atomic E-state index is 12.3. The molecule has 1 saturated carbocycles. The predicted molar refractivity (Wildman–Crippen MR) is 85.1 cm³/mol. The first-order chi connectivity index (χ1) is 11.2. The van der Waals surface area contributed by atoms with Crippen LogP contribution in [0, 0.1) is 0 Å². The summed E-state index contributed by atoms with van der Waals surface area (Å²) in [5.41, 5.74) is 2.33. The third-order valence-corrected chi connectivity index (χ3v) is 4.70. The lowest BCUT2D eigenvalue weighted by molar-refractivity contribution is -0.186. The smallest absolute Gasteiger partial charge is 0.251 e. The van der Waals surface area contributed by atoms with Gasteiger partial charge in [0.1, 0.15) is 6.10 Å². The minimum Gasteiger partial charge on any atom is -0.349 e. The first-order valence-electron chi connectivity index (χ1n) is 8.27. The van der Waals surface area contributed by atoms with Crippen molar-refractivity contribution < 1.29 is 14.3 Å². The Morgan fingerprint density at radius 1 is 1.35 bits per heavy atom. The van der Waals surface area contributed by atoms with Crippen LogP contribution in [0.15, 0.2) is 24.5 Å². The Kier molecular flexibility index (Phi) is 3.79. The second kappa shape index (κ2) is 5.94. The Morgan fingerprint density at radius 2 is 2.22 bits per heavy atom. The molecule has 0 radical (unpaired) electrons. The van der Waals surface area contributed by atoms with Crippen LogP contribution in [0.25, 0.3) is 11.0 Å². The largest absolute Gasteiger partial charge is 0.349 e. The normalized spacial score (nSPS) is 23.4. The van der Waals surface area contributed by atoms with E-state index in [0.29, 0.717) is 18.7 Å². The summed E-state index contributed by atoms with van der Waals surface area (Å²) in [6.45, 7) is 1.03. The molecule has 1 aromatic carbocycles. The first-order valence-corrected chi connectivity index (χ1v) is 8.27. The van der Waals surface area contributed by atoms with Crippen LogP contribution in [-0.2, 0) is 9.47 Å². The summed E-state index contributed by atoms with van der Waals surface area (Å²) < 4.78 is 12.0. The lowest BCUT2D eigenvalue weighted by Crippen LogP contribution is -2.37. The van der Waals surface area contributed by atoms with Crippen LogP contribution < -0.4 is 5.32 Å². The molecule has 1 amide bonds. The van der Waals surface area contributed by atoms with Crippen molar-refractivity contribution in [3.8, 4) is 0 Å². The maximum Gasteiger partial charge on any atom is 0.251 e. The van der Waals surface area contributed by atoms with Gasteiger partial charge in [0.2, 0.25) is 0 Å². The molecule has 2 aromatic rings. The number of imidazole rings is 1. The summed E-state index contributed by atoms with van der Waals surface area (Å²) in [5.74, 6) is -0.489. The van der Waals surface area contributed by atoms with Gasteiger partial charge in [0.15, 0.2) is 5.79 Å². The predicted octanol–water partition coefficient (Wildman–Crippen LogP) is 2.37. The van der Waals surface area contributed by atoms with E-state index < -0.39 is 0 Å². The summed E-state index contributed by atoms with van der Waals surface area (Å²) in [7, 11) is 0. The number of amides is 1. The van der Waals surface area contributed by atoms with Gasteiger partial charge in [0, 0.05) is 24.9 Å². The van der Waals surface area contributed by atoms with E-state index in [1.54, 1.807) is 12.4 Å². The third-order valence-electron chi connectivity index (χ3n) is 4.70. The van der Waals surface area contributed by atoms with Crippen molar-refractivity contribution in [1.82, 2.24) is 15.3 Å². The van der Waals surface area contributed by atoms with E-state index in [2.05, 4.69) is 15.3 Å². The average molecular weight is 315 g/mol. The Hall–Kier alpha value is -1.92. The molecule has 1 spiro atoms. The second-order valence-electron chi connectivity index (χ2n) is 6.37. The van der Waals surface area contributed by atoms with E-state index in [0.717, 1.165) is 36.7 Å². The molecule has 2 heterocycles. The Morgan fingerprint density at radius 3 is 3.09 bits per heavy atom. The number of nitrogens with zero attached hydrogens (tertiary/aromatic N) is 1. The molecule has 6 nitrogen and oxygen atoms in total. The number of hydrogen-bond donors (Lipinski definition) is 2. The van der Waals surface area contributed by atoms with Crippen molar-refractivity contribution in [3.63, 3.8) is 0 Å². The Labute approximate surface area is 134 Å². The number of carbonyl (C=O) groups is 1. The molecule has 1 saturated heterocycles. The zero-order chi connectivity index (χ0) is 15.7. The summed E-state index contributed by atoms with van der Waals surface area (Å²) in [6.07, 6.45) is 7.06. The molecule has 1 aliphatic carbocycles. The van der Waals surface area contributed by atoms with Gasteiger partial charge in [-0.15, -0.1) is 0 Å². The molecule has 4 rings (SSSR count). The number of ether oxygens (including phenoxy) is 2. The standard InChI is InChI=1S/C17H21N3O3/c21-16(12-4-5-14-15(8-12)20-11-19-14)18-9-13-10-22-17(23-13)6-2-1-3-7-17/h4-5,8,11,13H,1-3,6-7,9-10H2,(H,18,21)(H,19,20). The van der Waals surface area contributed by atoms with E-state index >= 15 is 0 Å². The summed E-state index contributed by atoms with van der Waals surface area (Å²) in [4.78, 5) is 19.5. The quantitative estimate of drug-likeness (QED) is 0.911. The lowest BCUT2D eigenvalue weighted by atomic mass is 9.94. The van der Waals surface area contributed by atoms with Crippen molar-refractivity contribution in [2.45, 2.75) is 44.0 Å². The second-order valence-corrected chi connectivity index (χ2v) is 6.37. The van der Waals surface area contributed by atoms with Gasteiger partial charge in [0.05, 0.1) is 24.0 Å². The fraction of sp³-hybridized carbons (Fsp3) is 0.529. The molecule has 2 N–H and O–H groups in total. The molecule has 0 bridgehead atoms. The molecule has 1 atom stereocenters. The zero-order valence-electron chi connectivity index (χ0n) is 13.0. The molecular formula is C17H21N3O3. The van der Waals surface area contributed by atoms with Crippen molar-refractivity contribution >= 4 is 16.9 Å². The number of benzene rings is 1. The SMILES string of the molecule is O=C(NCC1COC2(CCCCC2)O1)c1ccc2nc[nH]c2c1. The maximum absolute atomic E-state index is 12.3. The van der Waals surface area contributed by atoms with Crippen LogP contribution in [0.4, 0.5) is 0 Å². The van der Waals surface area contributed by atoms with Crippen molar-refractivity contribution in [3.05, 3.63) is 30.1 Å². The van der Waals surface area contributed by atoms with E-state index in [4.69, 9.17) is 9.47 Å². The monoisotopic (exact) mass is 315 g/mol. The van der Waals surface area contributed by atoms with Crippen LogP contribution >= 0.6 is 0 Å². The number of aromatic amines is 1. The first kappa shape index (κ1) is 14.7. The number of carbonyl (C=O) groups excluding carboxylic acids is 1. The summed E-state index contributed by atoms with van der Waals surface area (Å²) in [6, 6.07) is 5.44. The Balaban J connectivity index is 1.34. The third kappa shape index (κ3) is 2.96. The van der Waals surface area contributed by atoms with Crippen LogP contribution in [0.1, 0.15) is 42.5 Å². The van der Waals surface area contributed by atoms with Gasteiger partial charge in [-0.05, 0) is 31.0 Å². The van der Waals surface area contributed by atoms with Gasteiger partial charge in [-0.3, -0.25) is 4.79 Å². The zero-order valence-corrected chi connectivity index (χ0v) is 13.0. The fourth-order valence-electron chi connectivity index (χ4n) is 3.46. The highest BCUT2D eigenvalue weighted by Crippen LogP contribution is 2.37. The minimum absolute atomic E-state index is 0.0621. The highest BCUT2D eigenvalue weighted by Gasteiger charge is 2.42.